The van der Waals surface area contributed by atoms with E-state index in [4.69, 9.17) is 4.74 Å². The minimum absolute atomic E-state index is 0.0218. The lowest BCUT2D eigenvalue weighted by Crippen LogP contribution is -2.25. The summed E-state index contributed by atoms with van der Waals surface area (Å²) in [6.07, 6.45) is -8.49. The van der Waals surface area contributed by atoms with Gasteiger partial charge in [0.1, 0.15) is 5.75 Å². The van der Waals surface area contributed by atoms with Gasteiger partial charge in [0, 0.05) is 18.9 Å². The van der Waals surface area contributed by atoms with Gasteiger partial charge in [-0.15, -0.1) is 0 Å². The fourth-order valence-corrected chi connectivity index (χ4v) is 2.19. The molecule has 0 saturated heterocycles. The van der Waals surface area contributed by atoms with Crippen molar-refractivity contribution < 1.29 is 35.9 Å². The molecule has 1 N–H and O–H groups in total. The Balaban J connectivity index is 2.16. The van der Waals surface area contributed by atoms with Crippen LogP contribution in [0.3, 0.4) is 0 Å². The lowest BCUT2D eigenvalue weighted by molar-refractivity contribution is -0.145. The van der Waals surface area contributed by atoms with Gasteiger partial charge in [-0.1, -0.05) is 6.07 Å². The highest BCUT2D eigenvalue weighted by Gasteiger charge is 2.35. The molecule has 0 saturated carbocycles. The lowest BCUT2D eigenvalue weighted by Gasteiger charge is -2.17. The van der Waals surface area contributed by atoms with E-state index in [1.54, 1.807) is 13.8 Å². The normalized spacial score (nSPS) is 12.2. The number of benzene rings is 1. The third-order valence-corrected chi connectivity index (χ3v) is 3.37. The van der Waals surface area contributed by atoms with E-state index >= 15 is 0 Å². The van der Waals surface area contributed by atoms with Gasteiger partial charge in [-0.3, -0.25) is 4.79 Å². The molecule has 2 rings (SSSR count). The Kier molecular flexibility index (Phi) is 6.15. The van der Waals surface area contributed by atoms with Crippen LogP contribution in [0.4, 0.5) is 26.3 Å². The Hall–Kier alpha value is -2.85. The Morgan fingerprint density at radius 2 is 1.68 bits per heavy atom. The molecule has 2 aromatic rings. The van der Waals surface area contributed by atoms with Crippen LogP contribution >= 0.6 is 0 Å². The van der Waals surface area contributed by atoms with Crippen molar-refractivity contribution in [2.24, 2.45) is 0 Å². The summed E-state index contributed by atoms with van der Waals surface area (Å²) in [7, 11) is 0. The third kappa shape index (κ3) is 5.57. The molecule has 0 atom stereocenters. The Bertz CT molecular complexity index is 832. The number of carbonyl (C=O) groups excluding carboxylic acids is 1. The maximum atomic E-state index is 13.3. The van der Waals surface area contributed by atoms with Gasteiger partial charge < -0.3 is 10.1 Å². The van der Waals surface area contributed by atoms with Crippen LogP contribution in [0.15, 0.2) is 30.6 Å². The van der Waals surface area contributed by atoms with Gasteiger partial charge in [-0.2, -0.15) is 26.3 Å². The van der Waals surface area contributed by atoms with Crippen LogP contribution in [0.2, 0.25) is 0 Å². The van der Waals surface area contributed by atoms with E-state index in [2.05, 4.69) is 15.3 Å². The van der Waals surface area contributed by atoms with E-state index in [0.29, 0.717) is 12.4 Å². The van der Waals surface area contributed by atoms with Crippen molar-refractivity contribution >= 4 is 5.91 Å². The van der Waals surface area contributed by atoms with E-state index in [1.165, 1.54) is 6.07 Å². The summed E-state index contributed by atoms with van der Waals surface area (Å²) >= 11 is 0. The molecule has 0 aliphatic carbocycles. The second kappa shape index (κ2) is 8.03. The quantitative estimate of drug-likeness (QED) is 0.754. The van der Waals surface area contributed by atoms with E-state index in [1.807, 2.05) is 0 Å². The zero-order chi connectivity index (χ0) is 21.1. The van der Waals surface area contributed by atoms with Crippen molar-refractivity contribution in [3.05, 3.63) is 53.1 Å². The van der Waals surface area contributed by atoms with Crippen LogP contribution in [-0.2, 0) is 18.9 Å². The number of rotatable bonds is 5. The Morgan fingerprint density at radius 3 is 2.18 bits per heavy atom. The van der Waals surface area contributed by atoms with Crippen LogP contribution < -0.4 is 10.1 Å². The molecule has 1 aromatic carbocycles. The minimum Gasteiger partial charge on any atom is -0.491 e. The molecule has 5 nitrogen and oxygen atoms in total. The predicted molar refractivity (Wildman–Crippen MR) is 85.4 cm³/mol. The van der Waals surface area contributed by atoms with Crippen LogP contribution in [0.25, 0.3) is 0 Å². The average molecular weight is 407 g/mol. The van der Waals surface area contributed by atoms with Crippen molar-refractivity contribution in [3.8, 4) is 5.75 Å². The molecule has 0 aliphatic rings. The number of halogens is 6. The van der Waals surface area contributed by atoms with E-state index in [0.717, 1.165) is 12.1 Å². The molecular formula is C17H15F6N3O2. The fraction of sp³-hybridized carbons (Fsp3) is 0.353. The maximum absolute atomic E-state index is 13.3. The van der Waals surface area contributed by atoms with Crippen LogP contribution in [0.1, 0.15) is 41.2 Å². The summed E-state index contributed by atoms with van der Waals surface area (Å²) in [5, 5.41) is 2.21. The molecule has 0 radical (unpaired) electrons. The van der Waals surface area contributed by atoms with Gasteiger partial charge in [0.25, 0.3) is 5.91 Å². The van der Waals surface area contributed by atoms with Crippen molar-refractivity contribution in [2.45, 2.75) is 38.8 Å². The number of aromatic nitrogens is 2. The molecule has 1 aromatic heterocycles. The first-order valence-corrected chi connectivity index (χ1v) is 7.92. The number of ether oxygens (including phenoxy) is 1. The second-order valence-corrected chi connectivity index (χ2v) is 5.96. The predicted octanol–water partition coefficient (Wildman–Crippen LogP) is 4.23. The molecule has 152 valence electrons. The SMILES string of the molecule is CC(C)Oc1ccc(CNC(=O)c2cnc(C(F)(F)F)nc2)c(C(F)(F)F)c1. The summed E-state index contributed by atoms with van der Waals surface area (Å²) in [4.78, 5) is 18.0. The van der Waals surface area contributed by atoms with Gasteiger partial charge >= 0.3 is 12.4 Å². The van der Waals surface area contributed by atoms with Gasteiger partial charge in [0.15, 0.2) is 0 Å². The number of hydrogen-bond donors (Lipinski definition) is 1. The molecule has 0 spiro atoms. The molecule has 28 heavy (non-hydrogen) atoms. The molecule has 11 heteroatoms. The van der Waals surface area contributed by atoms with Crippen LogP contribution in [-0.4, -0.2) is 22.0 Å². The van der Waals surface area contributed by atoms with Crippen molar-refractivity contribution in [3.63, 3.8) is 0 Å². The summed E-state index contributed by atoms with van der Waals surface area (Å²) < 4.78 is 82.3. The fourth-order valence-electron chi connectivity index (χ4n) is 2.19. The van der Waals surface area contributed by atoms with Crippen molar-refractivity contribution in [1.29, 1.82) is 0 Å². The van der Waals surface area contributed by atoms with Crippen molar-refractivity contribution in [2.75, 3.05) is 0 Å². The number of nitrogens with zero attached hydrogens (tertiary/aromatic N) is 2. The summed E-state index contributed by atoms with van der Waals surface area (Å²) in [5.74, 6) is -2.32. The first-order valence-electron chi connectivity index (χ1n) is 7.92. The highest BCUT2D eigenvalue weighted by atomic mass is 19.4. The number of nitrogens with one attached hydrogen (secondary N) is 1. The number of carbonyl (C=O) groups is 1. The summed E-state index contributed by atoms with van der Waals surface area (Å²) in [6, 6.07) is 3.31. The van der Waals surface area contributed by atoms with Gasteiger partial charge in [-0.05, 0) is 31.5 Å². The molecule has 0 fully saturated rings. The molecule has 0 unspecified atom stereocenters. The molecule has 1 heterocycles. The van der Waals surface area contributed by atoms with Crippen molar-refractivity contribution in [1.82, 2.24) is 15.3 Å². The first kappa shape index (κ1) is 21.5. The standard InChI is InChI=1S/C17H15F6N3O2/c1-9(2)28-12-4-3-10(13(5-12)16(18,19)20)6-24-14(27)11-7-25-15(26-8-11)17(21,22)23/h3-5,7-9H,6H2,1-2H3,(H,24,27). The maximum Gasteiger partial charge on any atom is 0.451 e. The van der Waals surface area contributed by atoms with E-state index in [-0.39, 0.29) is 23.0 Å². The van der Waals surface area contributed by atoms with Crippen LogP contribution in [0.5, 0.6) is 5.75 Å². The molecule has 0 aliphatic heterocycles. The Morgan fingerprint density at radius 1 is 1.07 bits per heavy atom. The summed E-state index contributed by atoms with van der Waals surface area (Å²) in [5.41, 5.74) is -1.54. The van der Waals surface area contributed by atoms with E-state index < -0.39 is 36.2 Å². The Labute approximate surface area is 155 Å². The first-order chi connectivity index (χ1) is 12.9. The average Bonchev–Trinajstić information content (AvgIpc) is 2.58. The zero-order valence-electron chi connectivity index (χ0n) is 14.6. The number of alkyl halides is 6. The second-order valence-electron chi connectivity index (χ2n) is 5.96. The summed E-state index contributed by atoms with van der Waals surface area (Å²) in [6.45, 7) is 2.82. The highest BCUT2D eigenvalue weighted by molar-refractivity contribution is 5.93. The highest BCUT2D eigenvalue weighted by Crippen LogP contribution is 2.34. The van der Waals surface area contributed by atoms with Crippen LogP contribution in [0, 0.1) is 0 Å². The monoisotopic (exact) mass is 407 g/mol. The molecule has 1 amide bonds. The smallest absolute Gasteiger partial charge is 0.451 e. The largest absolute Gasteiger partial charge is 0.491 e. The molecular weight excluding hydrogens is 392 g/mol. The lowest BCUT2D eigenvalue weighted by atomic mass is 10.1. The number of amides is 1. The third-order valence-electron chi connectivity index (χ3n) is 3.37. The minimum atomic E-state index is -4.77. The van der Waals surface area contributed by atoms with E-state index in [9.17, 15) is 31.1 Å². The van der Waals surface area contributed by atoms with Gasteiger partial charge in [0.05, 0.1) is 17.2 Å². The van der Waals surface area contributed by atoms with Gasteiger partial charge in [0.2, 0.25) is 5.82 Å². The number of hydrogen-bond acceptors (Lipinski definition) is 4. The molecule has 0 bridgehead atoms. The zero-order valence-corrected chi connectivity index (χ0v) is 14.6. The topological polar surface area (TPSA) is 64.1 Å². The van der Waals surface area contributed by atoms with Gasteiger partial charge in [-0.25, -0.2) is 9.97 Å².